The molecular weight excluding hydrogens is 254 g/mol. The van der Waals surface area contributed by atoms with E-state index >= 15 is 0 Å². The summed E-state index contributed by atoms with van der Waals surface area (Å²) < 4.78 is 1.99. The first kappa shape index (κ1) is 12.9. The fourth-order valence-corrected chi connectivity index (χ4v) is 2.64. The molecule has 2 aromatic rings. The third-order valence-electron chi connectivity index (χ3n) is 3.77. The minimum absolute atomic E-state index is 0.127. The van der Waals surface area contributed by atoms with Crippen LogP contribution in [0, 0.1) is 0 Å². The summed E-state index contributed by atoms with van der Waals surface area (Å²) >= 11 is 0. The van der Waals surface area contributed by atoms with Gasteiger partial charge in [0.05, 0.1) is 12.2 Å². The second-order valence-electron chi connectivity index (χ2n) is 5.11. The molecule has 0 spiro atoms. The predicted molar refractivity (Wildman–Crippen MR) is 77.6 cm³/mol. The molecule has 3 heterocycles. The van der Waals surface area contributed by atoms with Crippen molar-refractivity contribution in [2.45, 2.75) is 13.0 Å². The molecule has 2 aromatic heterocycles. The molecule has 2 N–H and O–H groups in total. The Kier molecular flexibility index (Phi) is 3.31. The molecule has 0 aliphatic carbocycles. The Morgan fingerprint density at radius 1 is 1.35 bits per heavy atom. The maximum Gasteiger partial charge on any atom is 0.241 e. The van der Waals surface area contributed by atoms with E-state index in [9.17, 15) is 4.79 Å². The molecule has 1 amide bonds. The maximum absolute atomic E-state index is 12.0. The van der Waals surface area contributed by atoms with E-state index in [1.807, 2.05) is 40.7 Å². The van der Waals surface area contributed by atoms with Crippen LogP contribution < -0.4 is 10.6 Å². The highest BCUT2D eigenvalue weighted by Gasteiger charge is 2.23. The van der Waals surface area contributed by atoms with Gasteiger partial charge in [0, 0.05) is 32.9 Å². The van der Waals surface area contributed by atoms with Gasteiger partial charge in [-0.25, -0.2) is 4.98 Å². The number of anilines is 1. The minimum atomic E-state index is 0.127. The number of fused-ring (bicyclic) bond motifs is 1. The second-order valence-corrected chi connectivity index (χ2v) is 5.11. The van der Waals surface area contributed by atoms with E-state index in [0.29, 0.717) is 13.1 Å². The molecule has 0 bridgehead atoms. The molecule has 1 aliphatic rings. The maximum atomic E-state index is 12.0. The number of nitrogens with zero attached hydrogens (tertiary/aromatic N) is 4. The Labute approximate surface area is 117 Å². The van der Waals surface area contributed by atoms with Crippen LogP contribution in [0.25, 0.3) is 5.65 Å². The highest BCUT2D eigenvalue weighted by molar-refractivity contribution is 5.81. The highest BCUT2D eigenvalue weighted by Crippen LogP contribution is 2.22. The highest BCUT2D eigenvalue weighted by atomic mass is 16.2. The Morgan fingerprint density at radius 3 is 3.00 bits per heavy atom. The van der Waals surface area contributed by atoms with Crippen molar-refractivity contribution in [2.24, 2.45) is 5.73 Å². The van der Waals surface area contributed by atoms with Crippen LogP contribution in [0.2, 0.25) is 0 Å². The van der Waals surface area contributed by atoms with Gasteiger partial charge in [0.25, 0.3) is 0 Å². The Bertz CT molecular complexity index is 636. The summed E-state index contributed by atoms with van der Waals surface area (Å²) in [5, 5.41) is 0. The van der Waals surface area contributed by atoms with Crippen molar-refractivity contribution >= 4 is 17.4 Å². The number of amides is 1. The lowest BCUT2D eigenvalue weighted by atomic mass is 10.3. The smallest absolute Gasteiger partial charge is 0.241 e. The lowest BCUT2D eigenvalue weighted by Crippen LogP contribution is -2.35. The number of nitrogens with two attached hydrogens (primary N) is 1. The number of aromatic nitrogens is 2. The predicted octanol–water partition coefficient (Wildman–Crippen LogP) is 0.461. The molecule has 3 rings (SSSR count). The van der Waals surface area contributed by atoms with Crippen LogP contribution in [0.4, 0.5) is 5.82 Å². The topological polar surface area (TPSA) is 66.9 Å². The monoisotopic (exact) mass is 273 g/mol. The van der Waals surface area contributed by atoms with E-state index in [1.54, 1.807) is 4.90 Å². The third kappa shape index (κ3) is 2.12. The van der Waals surface area contributed by atoms with Gasteiger partial charge in [0.1, 0.15) is 5.65 Å². The van der Waals surface area contributed by atoms with E-state index in [-0.39, 0.29) is 5.91 Å². The third-order valence-corrected chi connectivity index (χ3v) is 3.77. The summed E-state index contributed by atoms with van der Waals surface area (Å²) in [5.41, 5.74) is 7.71. The van der Waals surface area contributed by atoms with Crippen molar-refractivity contribution in [3.05, 3.63) is 30.1 Å². The van der Waals surface area contributed by atoms with Crippen LogP contribution in [0.1, 0.15) is 12.1 Å². The summed E-state index contributed by atoms with van der Waals surface area (Å²) in [5.74, 6) is 0.963. The summed E-state index contributed by atoms with van der Waals surface area (Å²) in [6.45, 7) is 2.39. The van der Waals surface area contributed by atoms with Crippen molar-refractivity contribution in [1.29, 1.82) is 0 Å². The zero-order chi connectivity index (χ0) is 14.1. The normalized spacial score (nSPS) is 16.8. The molecule has 0 atom stereocenters. The largest absolute Gasteiger partial charge is 0.346 e. The molecule has 106 valence electrons. The van der Waals surface area contributed by atoms with Gasteiger partial charge in [-0.1, -0.05) is 6.07 Å². The summed E-state index contributed by atoms with van der Waals surface area (Å²) in [4.78, 5) is 20.5. The first-order chi connectivity index (χ1) is 9.70. The fourth-order valence-electron chi connectivity index (χ4n) is 2.64. The molecule has 1 saturated heterocycles. The molecule has 1 fully saturated rings. The lowest BCUT2D eigenvalue weighted by molar-refractivity contribution is -0.127. The number of hydrogen-bond acceptors (Lipinski definition) is 4. The van der Waals surface area contributed by atoms with Crippen LogP contribution in [-0.2, 0) is 11.3 Å². The number of hydrogen-bond donors (Lipinski definition) is 1. The summed E-state index contributed by atoms with van der Waals surface area (Å²) in [6, 6.07) is 5.86. The van der Waals surface area contributed by atoms with Gasteiger partial charge < -0.3 is 19.9 Å². The van der Waals surface area contributed by atoms with Crippen molar-refractivity contribution in [3.8, 4) is 0 Å². The van der Waals surface area contributed by atoms with Crippen LogP contribution in [0.5, 0.6) is 0 Å². The molecule has 0 unspecified atom stereocenters. The zero-order valence-corrected chi connectivity index (χ0v) is 11.6. The van der Waals surface area contributed by atoms with E-state index in [0.717, 1.165) is 36.7 Å². The average molecular weight is 273 g/mol. The molecule has 6 heteroatoms. The number of carbonyl (C=O) groups excluding carboxylic acids is 1. The minimum Gasteiger partial charge on any atom is -0.346 e. The van der Waals surface area contributed by atoms with Gasteiger partial charge >= 0.3 is 0 Å². The average Bonchev–Trinajstić information content (AvgIpc) is 2.75. The first-order valence-corrected chi connectivity index (χ1v) is 6.85. The Hall–Kier alpha value is -2.08. The van der Waals surface area contributed by atoms with Crippen molar-refractivity contribution in [2.75, 3.05) is 31.6 Å². The number of pyridine rings is 1. The lowest BCUT2D eigenvalue weighted by Gasteiger charge is -2.20. The van der Waals surface area contributed by atoms with Gasteiger partial charge in [-0.3, -0.25) is 4.79 Å². The number of carbonyl (C=O) groups is 1. The van der Waals surface area contributed by atoms with Crippen LogP contribution in [-0.4, -0.2) is 46.9 Å². The van der Waals surface area contributed by atoms with Crippen molar-refractivity contribution in [1.82, 2.24) is 14.3 Å². The molecule has 0 aromatic carbocycles. The fraction of sp³-hybridized carbons (Fsp3) is 0.429. The number of likely N-dealkylation sites (N-methyl/N-ethyl adjacent to an activating group) is 1. The van der Waals surface area contributed by atoms with Gasteiger partial charge in [-0.15, -0.1) is 0 Å². The van der Waals surface area contributed by atoms with Crippen molar-refractivity contribution in [3.63, 3.8) is 0 Å². The van der Waals surface area contributed by atoms with E-state index in [2.05, 4.69) is 4.98 Å². The standard InChI is InChI=1S/C14H19N5O/c1-17-6-4-7-18(10-13(17)20)14-11(9-15)19-8-3-2-5-12(19)16-14/h2-3,5,8H,4,6-7,9-10,15H2,1H3. The van der Waals surface area contributed by atoms with Gasteiger partial charge in [-0.05, 0) is 18.6 Å². The van der Waals surface area contributed by atoms with Gasteiger partial charge in [0.15, 0.2) is 5.82 Å². The van der Waals surface area contributed by atoms with Crippen LogP contribution in [0.15, 0.2) is 24.4 Å². The number of imidazole rings is 1. The summed E-state index contributed by atoms with van der Waals surface area (Å²) in [6.07, 6.45) is 2.90. The summed E-state index contributed by atoms with van der Waals surface area (Å²) in [7, 11) is 1.85. The van der Waals surface area contributed by atoms with E-state index in [1.165, 1.54) is 0 Å². The first-order valence-electron chi connectivity index (χ1n) is 6.85. The molecule has 1 aliphatic heterocycles. The van der Waals surface area contributed by atoms with Crippen molar-refractivity contribution < 1.29 is 4.79 Å². The van der Waals surface area contributed by atoms with Crippen LogP contribution in [0.3, 0.4) is 0 Å². The quantitative estimate of drug-likeness (QED) is 0.863. The SMILES string of the molecule is CN1CCCN(c2nc3ccccn3c2CN)CC1=O. The Balaban J connectivity index is 2.02. The molecule has 20 heavy (non-hydrogen) atoms. The molecule has 0 saturated carbocycles. The number of rotatable bonds is 2. The molecular formula is C14H19N5O. The Morgan fingerprint density at radius 2 is 2.20 bits per heavy atom. The van der Waals surface area contributed by atoms with E-state index in [4.69, 9.17) is 5.73 Å². The van der Waals surface area contributed by atoms with E-state index < -0.39 is 0 Å². The van der Waals surface area contributed by atoms with Gasteiger partial charge in [0.2, 0.25) is 5.91 Å². The second kappa shape index (κ2) is 5.13. The molecule has 6 nitrogen and oxygen atoms in total. The van der Waals surface area contributed by atoms with Gasteiger partial charge in [-0.2, -0.15) is 0 Å². The molecule has 0 radical (unpaired) electrons. The zero-order valence-electron chi connectivity index (χ0n) is 11.6. The van der Waals surface area contributed by atoms with Crippen LogP contribution >= 0.6 is 0 Å².